The van der Waals surface area contributed by atoms with E-state index in [2.05, 4.69) is 0 Å². The molecule has 0 spiro atoms. The monoisotopic (exact) mass is 184 g/mol. The summed E-state index contributed by atoms with van der Waals surface area (Å²) in [6.07, 6.45) is 0. The molecule has 1 aromatic carbocycles. The van der Waals surface area contributed by atoms with Gasteiger partial charge in [0.05, 0.1) is 13.2 Å². The Labute approximate surface area is 77.3 Å². The van der Waals surface area contributed by atoms with Crippen molar-refractivity contribution in [3.05, 3.63) is 24.0 Å². The second-order valence-electron chi connectivity index (χ2n) is 2.46. The molecule has 0 aromatic heterocycles. The molecule has 0 heterocycles. The Morgan fingerprint density at radius 1 is 1.15 bits per heavy atom. The summed E-state index contributed by atoms with van der Waals surface area (Å²) in [6, 6.07) is 4.59. The molecule has 1 aromatic rings. The van der Waals surface area contributed by atoms with Crippen LogP contribution in [0.1, 0.15) is 13.8 Å². The van der Waals surface area contributed by atoms with Crippen molar-refractivity contribution in [3.63, 3.8) is 0 Å². The first-order valence-electron chi connectivity index (χ1n) is 4.33. The van der Waals surface area contributed by atoms with E-state index < -0.39 is 0 Å². The van der Waals surface area contributed by atoms with Gasteiger partial charge in [0.15, 0.2) is 11.6 Å². The van der Waals surface area contributed by atoms with Gasteiger partial charge in [0.1, 0.15) is 5.75 Å². The number of benzene rings is 1. The Hall–Kier alpha value is -1.25. The molecule has 0 saturated heterocycles. The predicted molar refractivity (Wildman–Crippen MR) is 48.7 cm³/mol. The molecule has 0 saturated carbocycles. The third-order valence-electron chi connectivity index (χ3n) is 1.51. The molecule has 1 rings (SSSR count). The molecule has 0 radical (unpaired) electrons. The molecule has 72 valence electrons. The van der Waals surface area contributed by atoms with Crippen molar-refractivity contribution in [1.82, 2.24) is 0 Å². The molecule has 0 bridgehead atoms. The van der Waals surface area contributed by atoms with Gasteiger partial charge in [0, 0.05) is 6.07 Å². The molecule has 0 fully saturated rings. The van der Waals surface area contributed by atoms with Crippen LogP contribution in [0.5, 0.6) is 11.5 Å². The first kappa shape index (κ1) is 9.84. The fraction of sp³-hybridized carbons (Fsp3) is 0.400. The van der Waals surface area contributed by atoms with E-state index >= 15 is 0 Å². The van der Waals surface area contributed by atoms with E-state index in [1.165, 1.54) is 6.07 Å². The van der Waals surface area contributed by atoms with E-state index in [9.17, 15) is 4.39 Å². The number of halogens is 1. The second kappa shape index (κ2) is 4.70. The summed E-state index contributed by atoms with van der Waals surface area (Å²) in [5.41, 5.74) is 0. The minimum absolute atomic E-state index is 0.269. The lowest BCUT2D eigenvalue weighted by Crippen LogP contribution is -1.96. The van der Waals surface area contributed by atoms with Gasteiger partial charge in [0.2, 0.25) is 0 Å². The molecule has 0 N–H and O–H groups in total. The molecule has 2 nitrogen and oxygen atoms in total. The predicted octanol–water partition coefficient (Wildman–Crippen LogP) is 2.62. The number of ether oxygens (including phenoxy) is 2. The Kier molecular flexibility index (Phi) is 3.55. The van der Waals surface area contributed by atoms with Crippen LogP contribution in [0.25, 0.3) is 0 Å². The molecule has 0 unspecified atom stereocenters. The van der Waals surface area contributed by atoms with Crippen molar-refractivity contribution in [1.29, 1.82) is 0 Å². The maximum absolute atomic E-state index is 13.2. The zero-order valence-electron chi connectivity index (χ0n) is 7.84. The normalized spacial score (nSPS) is 9.77. The summed E-state index contributed by atoms with van der Waals surface area (Å²) < 4.78 is 23.3. The molecule has 0 aliphatic heterocycles. The molecule has 3 heteroatoms. The van der Waals surface area contributed by atoms with Crippen LogP contribution in [0.15, 0.2) is 18.2 Å². The maximum atomic E-state index is 13.2. The number of rotatable bonds is 4. The maximum Gasteiger partial charge on any atom is 0.168 e. The van der Waals surface area contributed by atoms with E-state index in [4.69, 9.17) is 9.47 Å². The molecule has 0 aliphatic carbocycles. The van der Waals surface area contributed by atoms with Gasteiger partial charge < -0.3 is 9.47 Å². The van der Waals surface area contributed by atoms with E-state index in [0.717, 1.165) is 0 Å². The van der Waals surface area contributed by atoms with Crippen LogP contribution in [0, 0.1) is 5.82 Å². The van der Waals surface area contributed by atoms with E-state index in [0.29, 0.717) is 19.0 Å². The third kappa shape index (κ3) is 2.61. The smallest absolute Gasteiger partial charge is 0.168 e. The summed E-state index contributed by atoms with van der Waals surface area (Å²) in [7, 11) is 0. The average molecular weight is 184 g/mol. The highest BCUT2D eigenvalue weighted by molar-refractivity contribution is 5.33. The van der Waals surface area contributed by atoms with Crippen molar-refractivity contribution in [2.45, 2.75) is 13.8 Å². The van der Waals surface area contributed by atoms with Gasteiger partial charge in [-0.15, -0.1) is 0 Å². The zero-order valence-corrected chi connectivity index (χ0v) is 7.84. The largest absolute Gasteiger partial charge is 0.494 e. The molecule has 0 amide bonds. The van der Waals surface area contributed by atoms with Gasteiger partial charge >= 0.3 is 0 Å². The lowest BCUT2D eigenvalue weighted by molar-refractivity contribution is 0.313. The van der Waals surface area contributed by atoms with Crippen molar-refractivity contribution < 1.29 is 13.9 Å². The highest BCUT2D eigenvalue weighted by Gasteiger charge is 2.03. The van der Waals surface area contributed by atoms with Crippen LogP contribution in [0.2, 0.25) is 0 Å². The Balaban J connectivity index is 2.79. The second-order valence-corrected chi connectivity index (χ2v) is 2.46. The molecule has 13 heavy (non-hydrogen) atoms. The molecule has 0 atom stereocenters. The topological polar surface area (TPSA) is 18.5 Å². The lowest BCUT2D eigenvalue weighted by atomic mass is 10.3. The Morgan fingerprint density at radius 2 is 1.85 bits per heavy atom. The van der Waals surface area contributed by atoms with Crippen LogP contribution in [0.4, 0.5) is 4.39 Å². The van der Waals surface area contributed by atoms with Crippen LogP contribution < -0.4 is 9.47 Å². The SMILES string of the molecule is CCOc1ccc(OCC)c(F)c1. The number of hydrogen-bond donors (Lipinski definition) is 0. The van der Waals surface area contributed by atoms with E-state index in [-0.39, 0.29) is 11.6 Å². The van der Waals surface area contributed by atoms with E-state index in [1.54, 1.807) is 12.1 Å². The van der Waals surface area contributed by atoms with Crippen molar-refractivity contribution in [3.8, 4) is 11.5 Å². The Bertz CT molecular complexity index is 274. The first-order valence-corrected chi connectivity index (χ1v) is 4.33. The van der Waals surface area contributed by atoms with Gasteiger partial charge in [-0.3, -0.25) is 0 Å². The third-order valence-corrected chi connectivity index (χ3v) is 1.51. The lowest BCUT2D eigenvalue weighted by Gasteiger charge is -2.06. The Morgan fingerprint density at radius 3 is 2.38 bits per heavy atom. The van der Waals surface area contributed by atoms with Gasteiger partial charge in [-0.05, 0) is 26.0 Å². The minimum Gasteiger partial charge on any atom is -0.494 e. The zero-order chi connectivity index (χ0) is 9.68. The quantitative estimate of drug-likeness (QED) is 0.716. The summed E-state index contributed by atoms with van der Waals surface area (Å²) in [5.74, 6) is 0.419. The molecular weight excluding hydrogens is 171 g/mol. The van der Waals surface area contributed by atoms with Gasteiger partial charge in [-0.2, -0.15) is 0 Å². The van der Waals surface area contributed by atoms with Crippen LogP contribution >= 0.6 is 0 Å². The van der Waals surface area contributed by atoms with Crippen molar-refractivity contribution >= 4 is 0 Å². The molecular formula is C10H13FO2. The van der Waals surface area contributed by atoms with Gasteiger partial charge in [0.25, 0.3) is 0 Å². The van der Waals surface area contributed by atoms with Crippen molar-refractivity contribution in [2.75, 3.05) is 13.2 Å². The van der Waals surface area contributed by atoms with Crippen LogP contribution in [-0.4, -0.2) is 13.2 Å². The average Bonchev–Trinajstić information content (AvgIpc) is 2.10. The number of hydrogen-bond acceptors (Lipinski definition) is 2. The van der Waals surface area contributed by atoms with Crippen LogP contribution in [0.3, 0.4) is 0 Å². The fourth-order valence-electron chi connectivity index (χ4n) is 1.01. The summed E-state index contributed by atoms with van der Waals surface area (Å²) in [5, 5.41) is 0. The fourth-order valence-corrected chi connectivity index (χ4v) is 1.01. The highest BCUT2D eigenvalue weighted by atomic mass is 19.1. The summed E-state index contributed by atoms with van der Waals surface area (Å²) >= 11 is 0. The summed E-state index contributed by atoms with van der Waals surface area (Å²) in [4.78, 5) is 0. The van der Waals surface area contributed by atoms with E-state index in [1.807, 2.05) is 13.8 Å². The standard InChI is InChI=1S/C10H13FO2/c1-3-12-8-5-6-10(13-4-2)9(11)7-8/h5-7H,3-4H2,1-2H3. The summed E-state index contributed by atoms with van der Waals surface area (Å²) in [6.45, 7) is 4.67. The minimum atomic E-state index is -0.382. The van der Waals surface area contributed by atoms with Crippen LogP contribution in [-0.2, 0) is 0 Å². The van der Waals surface area contributed by atoms with Gasteiger partial charge in [-0.25, -0.2) is 4.39 Å². The highest BCUT2D eigenvalue weighted by Crippen LogP contribution is 2.22. The van der Waals surface area contributed by atoms with Crippen molar-refractivity contribution in [2.24, 2.45) is 0 Å². The molecule has 0 aliphatic rings. The van der Waals surface area contributed by atoms with Gasteiger partial charge in [-0.1, -0.05) is 0 Å². The first-order chi connectivity index (χ1) is 6.27.